The van der Waals surface area contributed by atoms with Crippen LogP contribution in [0.4, 0.5) is 0 Å². The molecule has 0 radical (unpaired) electrons. The summed E-state index contributed by atoms with van der Waals surface area (Å²) in [5.41, 5.74) is 6.95. The van der Waals surface area contributed by atoms with Gasteiger partial charge in [0, 0.05) is 16.3 Å². The highest BCUT2D eigenvalue weighted by Gasteiger charge is 2.23. The van der Waals surface area contributed by atoms with Gasteiger partial charge in [0.2, 0.25) is 0 Å². The molecule has 4 heteroatoms. The first-order valence-electron chi connectivity index (χ1n) is 5.57. The van der Waals surface area contributed by atoms with Crippen LogP contribution in [0.15, 0.2) is 17.5 Å². The van der Waals surface area contributed by atoms with Crippen molar-refractivity contribution in [3.8, 4) is 0 Å². The summed E-state index contributed by atoms with van der Waals surface area (Å²) >= 11 is 3.68. The van der Waals surface area contributed by atoms with E-state index in [4.69, 9.17) is 5.73 Å². The lowest BCUT2D eigenvalue weighted by molar-refractivity contribution is 0.592. The Labute approximate surface area is 103 Å². The van der Waals surface area contributed by atoms with Crippen molar-refractivity contribution in [3.05, 3.63) is 38.0 Å². The summed E-state index contributed by atoms with van der Waals surface area (Å²) in [5, 5.41) is 3.26. The monoisotopic (exact) mass is 250 g/mol. The van der Waals surface area contributed by atoms with E-state index < -0.39 is 0 Å². The van der Waals surface area contributed by atoms with Crippen LogP contribution in [0.1, 0.15) is 32.8 Å². The summed E-state index contributed by atoms with van der Waals surface area (Å²) in [6.45, 7) is 0.585. The van der Waals surface area contributed by atoms with Crippen LogP contribution >= 0.6 is 22.7 Å². The van der Waals surface area contributed by atoms with Gasteiger partial charge < -0.3 is 5.73 Å². The molecule has 84 valence electrons. The number of thiazole rings is 1. The molecule has 1 atom stereocenters. The van der Waals surface area contributed by atoms with Crippen molar-refractivity contribution < 1.29 is 0 Å². The van der Waals surface area contributed by atoms with Crippen molar-refractivity contribution in [2.24, 2.45) is 5.73 Å². The molecule has 1 aliphatic rings. The van der Waals surface area contributed by atoms with Gasteiger partial charge in [0.1, 0.15) is 5.01 Å². The Hall–Kier alpha value is -0.710. The summed E-state index contributed by atoms with van der Waals surface area (Å²) < 4.78 is 0. The van der Waals surface area contributed by atoms with E-state index in [1.165, 1.54) is 21.9 Å². The Morgan fingerprint density at radius 3 is 3.19 bits per heavy atom. The maximum atomic E-state index is 5.64. The molecule has 2 aromatic heterocycles. The minimum atomic E-state index is 0.585. The van der Waals surface area contributed by atoms with Crippen molar-refractivity contribution in [2.45, 2.75) is 31.7 Å². The average molecular weight is 250 g/mol. The number of fused-ring (bicyclic) bond motifs is 1. The van der Waals surface area contributed by atoms with Crippen LogP contribution in [-0.2, 0) is 19.4 Å². The third-order valence-corrected chi connectivity index (χ3v) is 5.28. The molecule has 0 spiro atoms. The average Bonchev–Trinajstić information content (AvgIpc) is 2.96. The quantitative estimate of drug-likeness (QED) is 0.890. The first kappa shape index (κ1) is 10.4. The zero-order chi connectivity index (χ0) is 11.0. The number of hydrogen-bond acceptors (Lipinski definition) is 4. The molecule has 1 aliphatic carbocycles. The molecule has 2 heterocycles. The molecule has 2 N–H and O–H groups in total. The Kier molecular flexibility index (Phi) is 2.79. The van der Waals surface area contributed by atoms with Gasteiger partial charge in [0.25, 0.3) is 0 Å². The second-order valence-corrected chi connectivity index (χ2v) is 6.28. The fourth-order valence-corrected chi connectivity index (χ4v) is 4.22. The molecule has 16 heavy (non-hydrogen) atoms. The highest BCUT2D eigenvalue weighted by molar-refractivity contribution is 7.11. The molecule has 0 aliphatic heterocycles. The van der Waals surface area contributed by atoms with E-state index >= 15 is 0 Å². The van der Waals surface area contributed by atoms with Crippen molar-refractivity contribution in [3.63, 3.8) is 0 Å². The SMILES string of the molecule is NCc1nc2c(s1)CC(c1cccs1)CC2. The fraction of sp³-hybridized carbons (Fsp3) is 0.417. The normalized spacial score (nSPS) is 19.7. The minimum Gasteiger partial charge on any atom is -0.325 e. The molecule has 2 nitrogen and oxygen atoms in total. The van der Waals surface area contributed by atoms with Gasteiger partial charge >= 0.3 is 0 Å². The number of nitrogens with zero attached hydrogens (tertiary/aromatic N) is 1. The van der Waals surface area contributed by atoms with Gasteiger partial charge in [-0.25, -0.2) is 4.98 Å². The van der Waals surface area contributed by atoms with E-state index in [-0.39, 0.29) is 0 Å². The van der Waals surface area contributed by atoms with Gasteiger partial charge in [-0.05, 0) is 36.6 Å². The van der Waals surface area contributed by atoms with E-state index in [9.17, 15) is 0 Å². The van der Waals surface area contributed by atoms with Crippen LogP contribution in [0.5, 0.6) is 0 Å². The van der Waals surface area contributed by atoms with Crippen molar-refractivity contribution in [2.75, 3.05) is 0 Å². The second-order valence-electron chi connectivity index (χ2n) is 4.14. The van der Waals surface area contributed by atoms with Gasteiger partial charge in [-0.3, -0.25) is 0 Å². The van der Waals surface area contributed by atoms with Crippen LogP contribution in [0.2, 0.25) is 0 Å². The van der Waals surface area contributed by atoms with E-state index in [0.717, 1.165) is 17.8 Å². The Bertz CT molecular complexity index is 473. The van der Waals surface area contributed by atoms with Gasteiger partial charge in [0.15, 0.2) is 0 Å². The molecule has 1 unspecified atom stereocenters. The Morgan fingerprint density at radius 2 is 2.44 bits per heavy atom. The lowest BCUT2D eigenvalue weighted by atomic mass is 9.90. The van der Waals surface area contributed by atoms with Crippen LogP contribution in [0, 0.1) is 0 Å². The summed E-state index contributed by atoms with van der Waals surface area (Å²) in [6, 6.07) is 4.40. The number of aryl methyl sites for hydroxylation is 1. The van der Waals surface area contributed by atoms with Crippen molar-refractivity contribution >= 4 is 22.7 Å². The molecule has 0 saturated heterocycles. The number of nitrogens with two attached hydrogens (primary N) is 1. The minimum absolute atomic E-state index is 0.585. The maximum Gasteiger partial charge on any atom is 0.107 e. The molecule has 3 rings (SSSR count). The summed E-state index contributed by atoms with van der Waals surface area (Å²) in [5.74, 6) is 0.707. The summed E-state index contributed by atoms with van der Waals surface area (Å²) in [6.07, 6.45) is 3.52. The molecular formula is C12H14N2S2. The maximum absolute atomic E-state index is 5.64. The smallest absolute Gasteiger partial charge is 0.107 e. The topological polar surface area (TPSA) is 38.9 Å². The van der Waals surface area contributed by atoms with Crippen LogP contribution in [-0.4, -0.2) is 4.98 Å². The number of aromatic nitrogens is 1. The van der Waals surface area contributed by atoms with Gasteiger partial charge in [-0.15, -0.1) is 22.7 Å². The van der Waals surface area contributed by atoms with Gasteiger partial charge in [-0.2, -0.15) is 0 Å². The van der Waals surface area contributed by atoms with Gasteiger partial charge in [0.05, 0.1) is 5.69 Å². The van der Waals surface area contributed by atoms with Crippen LogP contribution < -0.4 is 5.73 Å². The largest absolute Gasteiger partial charge is 0.325 e. The highest BCUT2D eigenvalue weighted by Crippen LogP contribution is 2.36. The number of hydrogen-bond donors (Lipinski definition) is 1. The first-order valence-corrected chi connectivity index (χ1v) is 7.27. The molecule has 0 saturated carbocycles. The third kappa shape index (κ3) is 1.81. The fourth-order valence-electron chi connectivity index (χ4n) is 2.28. The van der Waals surface area contributed by atoms with E-state index in [2.05, 4.69) is 22.5 Å². The van der Waals surface area contributed by atoms with Crippen LogP contribution in [0.25, 0.3) is 0 Å². The number of thiophene rings is 1. The molecular weight excluding hydrogens is 236 g/mol. The highest BCUT2D eigenvalue weighted by atomic mass is 32.1. The lowest BCUT2D eigenvalue weighted by Crippen LogP contribution is -2.10. The summed E-state index contributed by atoms with van der Waals surface area (Å²) in [4.78, 5) is 7.57. The standard InChI is InChI=1S/C12H14N2S2/c13-7-12-14-9-4-3-8(6-11(9)16-12)10-2-1-5-15-10/h1-2,5,8H,3-4,6-7,13H2. The van der Waals surface area contributed by atoms with Crippen molar-refractivity contribution in [1.29, 1.82) is 0 Å². The molecule has 0 amide bonds. The summed E-state index contributed by atoms with van der Waals surface area (Å²) in [7, 11) is 0. The second kappa shape index (κ2) is 4.28. The Morgan fingerprint density at radius 1 is 1.50 bits per heavy atom. The van der Waals surface area contributed by atoms with E-state index in [1.54, 1.807) is 11.3 Å². The Balaban J connectivity index is 1.85. The van der Waals surface area contributed by atoms with Crippen LogP contribution in [0.3, 0.4) is 0 Å². The molecule has 0 aromatic carbocycles. The predicted octanol–water partition coefficient (Wildman–Crippen LogP) is 2.94. The van der Waals surface area contributed by atoms with E-state index in [1.807, 2.05) is 11.3 Å². The third-order valence-electron chi connectivity index (χ3n) is 3.10. The van der Waals surface area contributed by atoms with Crippen molar-refractivity contribution in [1.82, 2.24) is 4.98 Å². The zero-order valence-corrected chi connectivity index (χ0v) is 10.6. The number of rotatable bonds is 2. The molecule has 2 aromatic rings. The lowest BCUT2D eigenvalue weighted by Gasteiger charge is -2.19. The first-order chi connectivity index (χ1) is 7.86. The van der Waals surface area contributed by atoms with E-state index in [0.29, 0.717) is 12.5 Å². The predicted molar refractivity (Wildman–Crippen MR) is 69.1 cm³/mol. The zero-order valence-electron chi connectivity index (χ0n) is 8.98. The molecule has 0 fully saturated rings. The van der Waals surface area contributed by atoms with Gasteiger partial charge in [-0.1, -0.05) is 6.07 Å². The molecule has 0 bridgehead atoms.